The molecule has 0 spiro atoms. The standard InChI is InChI=1S/C10H9BrClFN2O/c11-8-1-6(4-14)9(13)2-10(8)15-5-7(16)3-12/h1-2,7,15-16H,3,5H2. The molecule has 0 fully saturated rings. The Hall–Kier alpha value is -0.830. The summed E-state index contributed by atoms with van der Waals surface area (Å²) in [6.45, 7) is 0.216. The lowest BCUT2D eigenvalue weighted by atomic mass is 10.2. The van der Waals surface area contributed by atoms with E-state index in [-0.39, 0.29) is 18.0 Å². The minimum absolute atomic E-state index is 0.0321. The predicted molar refractivity (Wildman–Crippen MR) is 64.0 cm³/mol. The number of aliphatic hydroxyl groups excluding tert-OH is 1. The predicted octanol–water partition coefficient (Wildman–Crippen LogP) is 2.47. The van der Waals surface area contributed by atoms with Crippen molar-refractivity contribution in [2.45, 2.75) is 6.10 Å². The minimum atomic E-state index is -0.702. The summed E-state index contributed by atoms with van der Waals surface area (Å²) < 4.78 is 13.8. The minimum Gasteiger partial charge on any atom is -0.390 e. The van der Waals surface area contributed by atoms with Gasteiger partial charge in [0.1, 0.15) is 11.9 Å². The molecule has 0 aliphatic rings. The van der Waals surface area contributed by atoms with Gasteiger partial charge in [0.05, 0.1) is 23.2 Å². The van der Waals surface area contributed by atoms with Gasteiger partial charge in [0.2, 0.25) is 0 Å². The van der Waals surface area contributed by atoms with Crippen molar-refractivity contribution < 1.29 is 9.50 Å². The Morgan fingerprint density at radius 2 is 2.31 bits per heavy atom. The van der Waals surface area contributed by atoms with Gasteiger partial charge in [-0.05, 0) is 28.1 Å². The lowest BCUT2D eigenvalue weighted by Crippen LogP contribution is -2.21. The van der Waals surface area contributed by atoms with E-state index in [0.29, 0.717) is 10.2 Å². The van der Waals surface area contributed by atoms with Gasteiger partial charge in [-0.15, -0.1) is 11.6 Å². The Morgan fingerprint density at radius 3 is 2.88 bits per heavy atom. The molecule has 1 rings (SSSR count). The maximum absolute atomic E-state index is 13.3. The Kier molecular flexibility index (Phi) is 5.00. The zero-order valence-electron chi connectivity index (χ0n) is 8.17. The third-order valence-electron chi connectivity index (χ3n) is 1.88. The Bertz CT molecular complexity index is 422. The third kappa shape index (κ3) is 3.34. The summed E-state index contributed by atoms with van der Waals surface area (Å²) in [7, 11) is 0. The SMILES string of the molecule is N#Cc1cc(Br)c(NCC(O)CCl)cc1F. The molecule has 0 bridgehead atoms. The van der Waals surface area contributed by atoms with Crippen LogP contribution in [0.5, 0.6) is 0 Å². The van der Waals surface area contributed by atoms with Gasteiger partial charge >= 0.3 is 0 Å². The van der Waals surface area contributed by atoms with Crippen LogP contribution in [0.1, 0.15) is 5.56 Å². The zero-order valence-corrected chi connectivity index (χ0v) is 10.5. The van der Waals surface area contributed by atoms with Crippen molar-refractivity contribution in [1.82, 2.24) is 0 Å². The van der Waals surface area contributed by atoms with Crippen molar-refractivity contribution in [3.8, 4) is 6.07 Å². The van der Waals surface area contributed by atoms with E-state index in [9.17, 15) is 9.50 Å². The average Bonchev–Trinajstić information content (AvgIpc) is 2.29. The van der Waals surface area contributed by atoms with Gasteiger partial charge in [0, 0.05) is 11.0 Å². The van der Waals surface area contributed by atoms with Gasteiger partial charge in [-0.1, -0.05) is 0 Å². The molecule has 86 valence electrons. The number of aliphatic hydroxyl groups is 1. The van der Waals surface area contributed by atoms with Crippen LogP contribution in [0.3, 0.4) is 0 Å². The summed E-state index contributed by atoms with van der Waals surface area (Å²) in [5.74, 6) is -0.503. The number of hydrogen-bond donors (Lipinski definition) is 2. The molecule has 0 amide bonds. The molecule has 2 N–H and O–H groups in total. The molecule has 0 saturated carbocycles. The van der Waals surface area contributed by atoms with Gasteiger partial charge in [-0.25, -0.2) is 4.39 Å². The van der Waals surface area contributed by atoms with Crippen molar-refractivity contribution in [1.29, 1.82) is 5.26 Å². The van der Waals surface area contributed by atoms with E-state index < -0.39 is 11.9 Å². The number of anilines is 1. The largest absolute Gasteiger partial charge is 0.390 e. The fourth-order valence-electron chi connectivity index (χ4n) is 1.05. The summed E-state index contributed by atoms with van der Waals surface area (Å²) in [4.78, 5) is 0. The van der Waals surface area contributed by atoms with Gasteiger partial charge in [-0.2, -0.15) is 5.26 Å². The lowest BCUT2D eigenvalue weighted by Gasteiger charge is -2.12. The molecule has 1 atom stereocenters. The fourth-order valence-corrected chi connectivity index (χ4v) is 1.64. The van der Waals surface area contributed by atoms with Crippen molar-refractivity contribution in [3.63, 3.8) is 0 Å². The van der Waals surface area contributed by atoms with E-state index >= 15 is 0 Å². The Labute approximate surface area is 106 Å². The fraction of sp³-hybridized carbons (Fsp3) is 0.300. The maximum Gasteiger partial charge on any atom is 0.143 e. The number of nitrogens with one attached hydrogen (secondary N) is 1. The van der Waals surface area contributed by atoms with Gasteiger partial charge in [0.25, 0.3) is 0 Å². The number of hydrogen-bond acceptors (Lipinski definition) is 3. The number of rotatable bonds is 4. The first-order valence-corrected chi connectivity index (χ1v) is 5.78. The number of nitrogens with zero attached hydrogens (tertiary/aromatic N) is 1. The molecule has 1 aromatic rings. The molecule has 16 heavy (non-hydrogen) atoms. The normalized spacial score (nSPS) is 11.9. The van der Waals surface area contributed by atoms with E-state index in [0.717, 1.165) is 0 Å². The maximum atomic E-state index is 13.3. The second-order valence-electron chi connectivity index (χ2n) is 3.11. The molecule has 0 aliphatic carbocycles. The highest BCUT2D eigenvalue weighted by atomic mass is 79.9. The summed E-state index contributed by atoms with van der Waals surface area (Å²) in [6.07, 6.45) is -0.702. The Balaban J connectivity index is 2.82. The molecular weight excluding hydrogens is 298 g/mol. The average molecular weight is 308 g/mol. The van der Waals surface area contributed by atoms with Crippen LogP contribution in [0.2, 0.25) is 0 Å². The van der Waals surface area contributed by atoms with Gasteiger partial charge in [0.15, 0.2) is 0 Å². The van der Waals surface area contributed by atoms with Crippen LogP contribution in [0.25, 0.3) is 0 Å². The monoisotopic (exact) mass is 306 g/mol. The second kappa shape index (κ2) is 6.04. The van der Waals surface area contributed by atoms with Crippen molar-refractivity contribution >= 4 is 33.2 Å². The second-order valence-corrected chi connectivity index (χ2v) is 4.28. The van der Waals surface area contributed by atoms with E-state index in [1.54, 1.807) is 6.07 Å². The summed E-state index contributed by atoms with van der Waals surface area (Å²) in [6, 6.07) is 4.31. The van der Waals surface area contributed by atoms with E-state index in [1.165, 1.54) is 12.1 Å². The van der Waals surface area contributed by atoms with Crippen LogP contribution in [-0.4, -0.2) is 23.6 Å². The van der Waals surface area contributed by atoms with Crippen LogP contribution >= 0.6 is 27.5 Å². The van der Waals surface area contributed by atoms with Crippen LogP contribution < -0.4 is 5.32 Å². The van der Waals surface area contributed by atoms with Gasteiger partial charge in [-0.3, -0.25) is 0 Å². The van der Waals surface area contributed by atoms with Crippen LogP contribution in [0.15, 0.2) is 16.6 Å². The van der Waals surface area contributed by atoms with Crippen LogP contribution in [-0.2, 0) is 0 Å². The lowest BCUT2D eigenvalue weighted by molar-refractivity contribution is 0.211. The summed E-state index contributed by atoms with van der Waals surface area (Å²) in [5.41, 5.74) is 0.441. The number of halogens is 3. The zero-order chi connectivity index (χ0) is 12.1. The molecule has 0 aliphatic heterocycles. The quantitative estimate of drug-likeness (QED) is 0.840. The molecule has 1 aromatic carbocycles. The highest BCUT2D eigenvalue weighted by Gasteiger charge is 2.09. The molecule has 1 unspecified atom stereocenters. The van der Waals surface area contributed by atoms with E-state index in [4.69, 9.17) is 16.9 Å². The topological polar surface area (TPSA) is 56.0 Å². The molecular formula is C10H9BrClFN2O. The highest BCUT2D eigenvalue weighted by Crippen LogP contribution is 2.25. The summed E-state index contributed by atoms with van der Waals surface area (Å²) >= 11 is 8.62. The number of benzene rings is 1. The smallest absolute Gasteiger partial charge is 0.143 e. The van der Waals surface area contributed by atoms with Crippen LogP contribution in [0, 0.1) is 17.1 Å². The van der Waals surface area contributed by atoms with E-state index in [1.807, 2.05) is 0 Å². The van der Waals surface area contributed by atoms with Crippen molar-refractivity contribution in [2.75, 3.05) is 17.7 Å². The van der Waals surface area contributed by atoms with E-state index in [2.05, 4.69) is 21.2 Å². The first-order valence-electron chi connectivity index (χ1n) is 4.45. The number of alkyl halides is 1. The molecule has 0 saturated heterocycles. The van der Waals surface area contributed by atoms with Crippen molar-refractivity contribution in [2.24, 2.45) is 0 Å². The van der Waals surface area contributed by atoms with Crippen LogP contribution in [0.4, 0.5) is 10.1 Å². The summed E-state index contributed by atoms with van der Waals surface area (Å²) in [5, 5.41) is 20.7. The molecule has 0 aromatic heterocycles. The first-order chi connectivity index (χ1) is 7.58. The molecule has 3 nitrogen and oxygen atoms in total. The Morgan fingerprint density at radius 1 is 1.62 bits per heavy atom. The molecule has 6 heteroatoms. The van der Waals surface area contributed by atoms with Gasteiger partial charge < -0.3 is 10.4 Å². The molecule has 0 heterocycles. The van der Waals surface area contributed by atoms with Crippen molar-refractivity contribution in [3.05, 3.63) is 28.0 Å². The molecule has 0 radical (unpaired) electrons. The number of nitriles is 1. The highest BCUT2D eigenvalue weighted by molar-refractivity contribution is 9.10. The third-order valence-corrected chi connectivity index (χ3v) is 2.90. The first kappa shape index (κ1) is 13.2.